The first-order valence-corrected chi connectivity index (χ1v) is 8.82. The Labute approximate surface area is 163 Å². The van der Waals surface area contributed by atoms with E-state index in [1.54, 1.807) is 0 Å². The van der Waals surface area contributed by atoms with Gasteiger partial charge in [0.1, 0.15) is 0 Å². The van der Waals surface area contributed by atoms with Crippen LogP contribution in [0.3, 0.4) is 0 Å². The number of benzene rings is 1. The predicted octanol–water partition coefficient (Wildman–Crippen LogP) is 2.18. The number of anilines is 2. The van der Waals surface area contributed by atoms with E-state index in [0.717, 1.165) is 12.8 Å². The second kappa shape index (κ2) is 6.55. The third kappa shape index (κ3) is 3.40. The van der Waals surface area contributed by atoms with Crippen molar-refractivity contribution < 1.29 is 18.0 Å². The standard InChI is InChI=1S/C19H16F3N5O2/c20-19(21,22)18(6-5-11-1-2-11)13-4-3-12(9-14(13)25-17(29)26-18)10-27-8-7-24-15(23)16(27)28/h3-4,7-9,11H,1-2,10H2,(H2,23,24)(H2,25,26,29)/t18-/m0/s1. The Kier molecular flexibility index (Phi) is 4.26. The molecule has 0 spiro atoms. The number of nitrogen functional groups attached to an aromatic ring is 1. The molecule has 1 saturated carbocycles. The lowest BCUT2D eigenvalue weighted by Crippen LogP contribution is -2.59. The zero-order chi connectivity index (χ0) is 20.8. The molecule has 29 heavy (non-hydrogen) atoms. The van der Waals surface area contributed by atoms with E-state index >= 15 is 0 Å². The molecule has 7 nitrogen and oxygen atoms in total. The second-order valence-electron chi connectivity index (χ2n) is 7.00. The number of hydrogen-bond donors (Lipinski definition) is 3. The van der Waals surface area contributed by atoms with Crippen LogP contribution >= 0.6 is 0 Å². The molecule has 1 aromatic heterocycles. The molecule has 1 aliphatic carbocycles. The zero-order valence-corrected chi connectivity index (χ0v) is 15.0. The number of halogens is 3. The van der Waals surface area contributed by atoms with E-state index in [0.29, 0.717) is 5.56 Å². The van der Waals surface area contributed by atoms with Gasteiger partial charge in [0.2, 0.25) is 5.54 Å². The average Bonchev–Trinajstić information content (AvgIpc) is 3.46. The molecule has 2 aromatic rings. The maximum atomic E-state index is 14.1. The molecule has 0 unspecified atom stereocenters. The topological polar surface area (TPSA) is 102 Å². The summed E-state index contributed by atoms with van der Waals surface area (Å²) >= 11 is 0. The number of nitrogens with zero attached hydrogens (tertiary/aromatic N) is 2. The highest BCUT2D eigenvalue weighted by Crippen LogP contribution is 2.44. The Hall–Kier alpha value is -3.48. The number of nitrogens with two attached hydrogens (primary N) is 1. The van der Waals surface area contributed by atoms with Crippen LogP contribution in [-0.4, -0.2) is 21.8 Å². The summed E-state index contributed by atoms with van der Waals surface area (Å²) in [5.41, 5.74) is 2.50. The van der Waals surface area contributed by atoms with E-state index < -0.39 is 23.3 Å². The van der Waals surface area contributed by atoms with Gasteiger partial charge in [0.25, 0.3) is 5.56 Å². The van der Waals surface area contributed by atoms with Crippen LogP contribution in [0.2, 0.25) is 0 Å². The van der Waals surface area contributed by atoms with E-state index in [1.807, 2.05) is 5.32 Å². The predicted molar refractivity (Wildman–Crippen MR) is 98.8 cm³/mol. The number of hydrogen-bond acceptors (Lipinski definition) is 4. The molecule has 2 aliphatic rings. The summed E-state index contributed by atoms with van der Waals surface area (Å²) < 4.78 is 43.4. The molecule has 0 saturated heterocycles. The quantitative estimate of drug-likeness (QED) is 0.669. The van der Waals surface area contributed by atoms with E-state index in [4.69, 9.17) is 5.73 Å². The lowest BCUT2D eigenvalue weighted by atomic mass is 9.85. The van der Waals surface area contributed by atoms with Crippen molar-refractivity contribution in [3.8, 4) is 11.8 Å². The van der Waals surface area contributed by atoms with Crippen LogP contribution in [0, 0.1) is 17.8 Å². The van der Waals surface area contributed by atoms with Gasteiger partial charge in [-0.1, -0.05) is 24.0 Å². The smallest absolute Gasteiger partial charge is 0.379 e. The van der Waals surface area contributed by atoms with Crippen molar-refractivity contribution >= 4 is 17.5 Å². The molecule has 150 valence electrons. The number of carbonyl (C=O) groups is 1. The maximum Gasteiger partial charge on any atom is 0.427 e. The first kappa shape index (κ1) is 18.9. The fourth-order valence-corrected chi connectivity index (χ4v) is 3.13. The molecule has 1 aliphatic heterocycles. The summed E-state index contributed by atoms with van der Waals surface area (Å²) in [6.45, 7) is 0.0505. The molecule has 1 aromatic carbocycles. The fourth-order valence-electron chi connectivity index (χ4n) is 3.13. The van der Waals surface area contributed by atoms with Crippen LogP contribution < -0.4 is 21.9 Å². The molecule has 1 fully saturated rings. The van der Waals surface area contributed by atoms with Gasteiger partial charge >= 0.3 is 12.2 Å². The highest BCUT2D eigenvalue weighted by molar-refractivity contribution is 5.95. The number of nitrogens with one attached hydrogen (secondary N) is 2. The summed E-state index contributed by atoms with van der Waals surface area (Å²) in [7, 11) is 0. The first-order chi connectivity index (χ1) is 13.7. The van der Waals surface area contributed by atoms with E-state index in [1.165, 1.54) is 35.2 Å². The number of fused-ring (bicyclic) bond motifs is 1. The number of amides is 2. The molecule has 0 radical (unpaired) electrons. The average molecular weight is 403 g/mol. The van der Waals surface area contributed by atoms with Gasteiger partial charge in [-0.05, 0) is 24.5 Å². The Morgan fingerprint density at radius 3 is 2.76 bits per heavy atom. The number of carbonyl (C=O) groups excluding carboxylic acids is 1. The summed E-state index contributed by atoms with van der Waals surface area (Å²) in [4.78, 5) is 27.8. The van der Waals surface area contributed by atoms with Crippen molar-refractivity contribution in [2.45, 2.75) is 31.1 Å². The highest BCUT2D eigenvalue weighted by atomic mass is 19.4. The van der Waals surface area contributed by atoms with Crippen LogP contribution in [0.5, 0.6) is 0 Å². The number of alkyl halides is 3. The maximum absolute atomic E-state index is 14.1. The SMILES string of the molecule is Nc1nccn(Cc2ccc3c(c2)NC(=O)N[C@]3(C#CC2CC2)C(F)(F)F)c1=O. The van der Waals surface area contributed by atoms with E-state index in [9.17, 15) is 22.8 Å². The molecule has 2 amide bonds. The Balaban J connectivity index is 1.78. The molecular formula is C19H16F3N5O2. The summed E-state index contributed by atoms with van der Waals surface area (Å²) in [6.07, 6.45) is -0.548. The van der Waals surface area contributed by atoms with Crippen LogP contribution in [0.15, 0.2) is 35.4 Å². The minimum atomic E-state index is -4.82. The van der Waals surface area contributed by atoms with Crippen molar-refractivity contribution in [2.24, 2.45) is 5.92 Å². The lowest BCUT2D eigenvalue weighted by Gasteiger charge is -2.37. The number of urea groups is 1. The van der Waals surface area contributed by atoms with Crippen molar-refractivity contribution in [2.75, 3.05) is 11.1 Å². The van der Waals surface area contributed by atoms with Crippen LogP contribution in [0.1, 0.15) is 24.0 Å². The Bertz CT molecular complexity index is 1110. The second-order valence-corrected chi connectivity index (χ2v) is 7.00. The highest BCUT2D eigenvalue weighted by Gasteiger charge is 2.59. The number of rotatable bonds is 2. The largest absolute Gasteiger partial charge is 0.427 e. The number of aromatic nitrogens is 2. The van der Waals surface area contributed by atoms with Crippen molar-refractivity contribution in [3.05, 3.63) is 52.1 Å². The summed E-state index contributed by atoms with van der Waals surface area (Å²) in [5, 5.41) is 4.37. The first-order valence-electron chi connectivity index (χ1n) is 8.82. The minimum absolute atomic E-state index is 0.0104. The molecule has 4 N–H and O–H groups in total. The molecule has 10 heteroatoms. The molecular weight excluding hydrogens is 387 g/mol. The van der Waals surface area contributed by atoms with E-state index in [-0.39, 0.29) is 29.5 Å². The molecule has 2 heterocycles. The summed E-state index contributed by atoms with van der Waals surface area (Å²) in [6, 6.07) is 3.13. The third-order valence-corrected chi connectivity index (χ3v) is 4.80. The van der Waals surface area contributed by atoms with Gasteiger partial charge in [0, 0.05) is 29.6 Å². The van der Waals surface area contributed by atoms with E-state index in [2.05, 4.69) is 22.1 Å². The van der Waals surface area contributed by atoms with Gasteiger partial charge in [0.15, 0.2) is 5.82 Å². The fraction of sp³-hybridized carbons (Fsp3) is 0.316. The van der Waals surface area contributed by atoms with Crippen LogP contribution in [0.4, 0.5) is 29.5 Å². The van der Waals surface area contributed by atoms with Gasteiger partial charge < -0.3 is 20.9 Å². The molecule has 1 atom stereocenters. The van der Waals surface area contributed by atoms with Crippen molar-refractivity contribution in [1.82, 2.24) is 14.9 Å². The van der Waals surface area contributed by atoms with Gasteiger partial charge in [-0.2, -0.15) is 13.2 Å². The zero-order valence-electron chi connectivity index (χ0n) is 15.0. The van der Waals surface area contributed by atoms with Gasteiger partial charge in [-0.25, -0.2) is 9.78 Å². The molecule has 4 rings (SSSR count). The summed E-state index contributed by atoms with van der Waals surface area (Å²) in [5.74, 6) is 4.65. The monoisotopic (exact) mass is 403 g/mol. The Morgan fingerprint density at radius 2 is 2.07 bits per heavy atom. The molecule has 0 bridgehead atoms. The lowest BCUT2D eigenvalue weighted by molar-refractivity contribution is -0.178. The van der Waals surface area contributed by atoms with Crippen LogP contribution in [0.25, 0.3) is 0 Å². The van der Waals surface area contributed by atoms with Crippen molar-refractivity contribution in [3.63, 3.8) is 0 Å². The normalized spacial score (nSPS) is 20.7. The minimum Gasteiger partial charge on any atom is -0.379 e. The van der Waals surface area contributed by atoms with Crippen molar-refractivity contribution in [1.29, 1.82) is 0 Å². The third-order valence-electron chi connectivity index (χ3n) is 4.80. The van der Waals surface area contributed by atoms with Gasteiger partial charge in [-0.15, -0.1) is 0 Å². The Morgan fingerprint density at radius 1 is 1.31 bits per heavy atom. The van der Waals surface area contributed by atoms with Gasteiger partial charge in [-0.3, -0.25) is 4.79 Å². The van der Waals surface area contributed by atoms with Gasteiger partial charge in [0.05, 0.1) is 6.54 Å². The van der Waals surface area contributed by atoms with Crippen LogP contribution in [-0.2, 0) is 12.1 Å².